The molecule has 3 aromatic carbocycles. The van der Waals surface area contributed by atoms with Crippen molar-refractivity contribution in [2.75, 3.05) is 0 Å². The quantitative estimate of drug-likeness (QED) is 0.0993. The molecule has 0 aliphatic heterocycles. The second-order valence-electron chi connectivity index (χ2n) is 14.1. The van der Waals surface area contributed by atoms with E-state index in [4.69, 9.17) is 0 Å². The largest absolute Gasteiger partial charge is 0.507 e. The number of aromatic carboxylic acids is 2. The summed E-state index contributed by atoms with van der Waals surface area (Å²) < 4.78 is 0. The lowest BCUT2D eigenvalue weighted by atomic mass is 9.78. The Kier molecular flexibility index (Phi) is 11.9. The van der Waals surface area contributed by atoms with Gasteiger partial charge in [-0.15, -0.1) is 0 Å². The van der Waals surface area contributed by atoms with Crippen LogP contribution < -0.4 is 0 Å². The molecule has 0 bridgehead atoms. The van der Waals surface area contributed by atoms with Gasteiger partial charge in [-0.2, -0.15) is 0 Å². The van der Waals surface area contributed by atoms with Crippen molar-refractivity contribution in [2.24, 2.45) is 0 Å². The van der Waals surface area contributed by atoms with E-state index in [-0.39, 0.29) is 52.0 Å². The number of aromatic hydroxyl groups is 3. The number of phenolic OH excluding ortho intramolecular Hbond substituents is 1. The maximum atomic E-state index is 12.1. The molecule has 0 saturated carbocycles. The van der Waals surface area contributed by atoms with E-state index in [1.54, 1.807) is 24.3 Å². The third kappa shape index (κ3) is 8.62. The predicted molar refractivity (Wildman–Crippen MR) is 183 cm³/mol. The molecule has 0 aliphatic rings. The zero-order chi connectivity index (χ0) is 34.4. The van der Waals surface area contributed by atoms with Crippen LogP contribution in [0.25, 0.3) is 0 Å². The SMILES string of the molecule is CCCCCC(C)(C)c1cc(Cc2cc(C)cc(Cc3cc(C(C)(C)CCCCC)cc(C(=O)O)c3O)c2O)c(O)c(C(=O)O)c1. The van der Waals surface area contributed by atoms with Gasteiger partial charge >= 0.3 is 11.9 Å². The fraction of sp³-hybridized carbons (Fsp3) is 0.487. The van der Waals surface area contributed by atoms with Crippen molar-refractivity contribution in [2.45, 2.75) is 124 Å². The summed E-state index contributed by atoms with van der Waals surface area (Å²) in [6.45, 7) is 14.4. The third-order valence-electron chi connectivity index (χ3n) is 9.39. The minimum Gasteiger partial charge on any atom is -0.507 e. The fourth-order valence-electron chi connectivity index (χ4n) is 6.30. The van der Waals surface area contributed by atoms with E-state index in [1.807, 2.05) is 19.1 Å². The van der Waals surface area contributed by atoms with E-state index in [1.165, 1.54) is 0 Å². The highest BCUT2D eigenvalue weighted by atomic mass is 16.4. The predicted octanol–water partition coefficient (Wildman–Crippen LogP) is 9.41. The summed E-state index contributed by atoms with van der Waals surface area (Å²) >= 11 is 0. The molecule has 0 aliphatic carbocycles. The average molecular weight is 633 g/mol. The van der Waals surface area contributed by atoms with Crippen LogP contribution in [-0.4, -0.2) is 37.5 Å². The molecule has 0 saturated heterocycles. The van der Waals surface area contributed by atoms with E-state index in [9.17, 15) is 35.1 Å². The topological polar surface area (TPSA) is 135 Å². The Morgan fingerprint density at radius 1 is 0.565 bits per heavy atom. The van der Waals surface area contributed by atoms with Gasteiger partial charge in [0.1, 0.15) is 28.4 Å². The number of aryl methyl sites for hydroxylation is 1. The second-order valence-corrected chi connectivity index (χ2v) is 14.1. The molecule has 0 amide bonds. The number of carbonyl (C=O) groups is 2. The summed E-state index contributed by atoms with van der Waals surface area (Å²) in [5, 5.41) is 53.4. The molecule has 0 spiro atoms. The number of hydrogen-bond donors (Lipinski definition) is 5. The van der Waals surface area contributed by atoms with Crippen LogP contribution in [0.3, 0.4) is 0 Å². The molecule has 0 atom stereocenters. The molecule has 0 radical (unpaired) electrons. The Labute approximate surface area is 274 Å². The van der Waals surface area contributed by atoms with Gasteiger partial charge in [0.05, 0.1) is 0 Å². The van der Waals surface area contributed by atoms with Crippen LogP contribution in [-0.2, 0) is 23.7 Å². The Morgan fingerprint density at radius 2 is 0.913 bits per heavy atom. The third-order valence-corrected chi connectivity index (χ3v) is 9.39. The van der Waals surface area contributed by atoms with Crippen molar-refractivity contribution in [1.82, 2.24) is 0 Å². The molecule has 7 nitrogen and oxygen atoms in total. The van der Waals surface area contributed by atoms with Crippen LogP contribution in [0, 0.1) is 6.92 Å². The van der Waals surface area contributed by atoms with Crippen molar-refractivity contribution in [3.8, 4) is 17.2 Å². The molecular weight excluding hydrogens is 580 g/mol. The van der Waals surface area contributed by atoms with Crippen molar-refractivity contribution < 1.29 is 35.1 Å². The summed E-state index contributed by atoms with van der Waals surface area (Å²) in [5.41, 5.74) is 3.25. The molecule has 0 aromatic heterocycles. The smallest absolute Gasteiger partial charge is 0.339 e. The first-order valence-corrected chi connectivity index (χ1v) is 16.5. The van der Waals surface area contributed by atoms with Gasteiger partial charge in [0.2, 0.25) is 0 Å². The monoisotopic (exact) mass is 632 g/mol. The van der Waals surface area contributed by atoms with Gasteiger partial charge in [-0.05, 0) is 76.1 Å². The van der Waals surface area contributed by atoms with Gasteiger partial charge < -0.3 is 25.5 Å². The second kappa shape index (κ2) is 15.1. The minimum absolute atomic E-state index is 0.0432. The van der Waals surface area contributed by atoms with Crippen LogP contribution in [0.5, 0.6) is 17.2 Å². The summed E-state index contributed by atoms with van der Waals surface area (Å²) in [5.74, 6) is -3.14. The Morgan fingerprint density at radius 3 is 1.24 bits per heavy atom. The van der Waals surface area contributed by atoms with Crippen LogP contribution in [0.15, 0.2) is 36.4 Å². The Balaban J connectivity index is 2.08. The van der Waals surface area contributed by atoms with E-state index in [0.717, 1.165) is 68.1 Å². The molecule has 5 N–H and O–H groups in total. The number of hydrogen-bond acceptors (Lipinski definition) is 5. The number of unbranched alkanes of at least 4 members (excludes halogenated alkanes) is 4. The van der Waals surface area contributed by atoms with Crippen molar-refractivity contribution >= 4 is 11.9 Å². The van der Waals surface area contributed by atoms with Gasteiger partial charge in [0.15, 0.2) is 0 Å². The highest BCUT2D eigenvalue weighted by Gasteiger charge is 2.27. The Bertz CT molecular complexity index is 1450. The van der Waals surface area contributed by atoms with Gasteiger partial charge in [-0.25, -0.2) is 9.59 Å². The molecule has 0 unspecified atom stereocenters. The minimum atomic E-state index is -1.22. The first kappa shape index (κ1) is 36.5. The number of rotatable bonds is 16. The lowest BCUT2D eigenvalue weighted by Gasteiger charge is -2.27. The number of phenols is 3. The zero-order valence-electron chi connectivity index (χ0n) is 28.6. The lowest BCUT2D eigenvalue weighted by molar-refractivity contribution is 0.0682. The fourth-order valence-corrected chi connectivity index (χ4v) is 6.30. The average Bonchev–Trinajstić information content (AvgIpc) is 2.97. The summed E-state index contributed by atoms with van der Waals surface area (Å²) in [4.78, 5) is 24.3. The molecular formula is C39H52O7. The summed E-state index contributed by atoms with van der Waals surface area (Å²) in [6, 6.07) is 10.4. The Hall–Kier alpha value is -4.00. The molecule has 0 fully saturated rings. The molecule has 250 valence electrons. The molecule has 0 heterocycles. The van der Waals surface area contributed by atoms with Gasteiger partial charge in [0.25, 0.3) is 0 Å². The molecule has 3 rings (SSSR count). The van der Waals surface area contributed by atoms with Gasteiger partial charge in [0, 0.05) is 12.8 Å². The first-order valence-electron chi connectivity index (χ1n) is 16.5. The van der Waals surface area contributed by atoms with Crippen LogP contribution >= 0.6 is 0 Å². The number of benzene rings is 3. The van der Waals surface area contributed by atoms with Crippen molar-refractivity contribution in [3.63, 3.8) is 0 Å². The van der Waals surface area contributed by atoms with E-state index in [0.29, 0.717) is 22.3 Å². The van der Waals surface area contributed by atoms with Crippen LogP contribution in [0.4, 0.5) is 0 Å². The lowest BCUT2D eigenvalue weighted by Crippen LogP contribution is -2.19. The standard InChI is InChI=1S/C39H52O7/c1-8-10-12-14-38(4,5)29-20-27(34(41)31(22-29)36(43)44)18-25-16-24(3)17-26(33(25)40)19-28-21-30(23-32(35(28)42)37(45)46)39(6,7)15-13-11-9-2/h16-17,20-23,40-42H,8-15,18-19H2,1-7H3,(H,43,44)(H,45,46). The van der Waals surface area contributed by atoms with E-state index >= 15 is 0 Å². The summed E-state index contributed by atoms with van der Waals surface area (Å²) in [6.07, 6.45) is 8.18. The van der Waals surface area contributed by atoms with E-state index in [2.05, 4.69) is 41.5 Å². The maximum Gasteiger partial charge on any atom is 0.339 e. The molecule has 7 heteroatoms. The zero-order valence-corrected chi connectivity index (χ0v) is 28.6. The maximum absolute atomic E-state index is 12.1. The van der Waals surface area contributed by atoms with Crippen LogP contribution in [0.2, 0.25) is 0 Å². The molecule has 46 heavy (non-hydrogen) atoms. The summed E-state index contributed by atoms with van der Waals surface area (Å²) in [7, 11) is 0. The highest BCUT2D eigenvalue weighted by Crippen LogP contribution is 2.40. The normalized spacial score (nSPS) is 12.0. The van der Waals surface area contributed by atoms with E-state index < -0.39 is 11.9 Å². The number of carboxylic acids is 2. The molecule has 3 aromatic rings. The van der Waals surface area contributed by atoms with Crippen LogP contribution in [0.1, 0.15) is 153 Å². The first-order chi connectivity index (χ1) is 21.5. The van der Waals surface area contributed by atoms with Crippen molar-refractivity contribution in [3.05, 3.63) is 86.5 Å². The van der Waals surface area contributed by atoms with Crippen molar-refractivity contribution in [1.29, 1.82) is 0 Å². The number of carboxylic acid groups (broad SMARTS) is 2. The van der Waals surface area contributed by atoms with Gasteiger partial charge in [-0.3, -0.25) is 0 Å². The van der Waals surface area contributed by atoms with Gasteiger partial charge in [-0.1, -0.05) is 110 Å². The highest BCUT2D eigenvalue weighted by molar-refractivity contribution is 5.92.